The van der Waals surface area contributed by atoms with Gasteiger partial charge in [-0.15, -0.1) is 0 Å². The maximum Gasteiger partial charge on any atom is 0.120 e. The van der Waals surface area contributed by atoms with E-state index >= 15 is 0 Å². The third kappa shape index (κ3) is 6.84. The van der Waals surface area contributed by atoms with Crippen LogP contribution in [0.25, 0.3) is 0 Å². The van der Waals surface area contributed by atoms with E-state index in [1.54, 1.807) is 0 Å². The highest BCUT2D eigenvalue weighted by Gasteiger charge is 2.01. The Morgan fingerprint density at radius 1 is 1.22 bits per heavy atom. The lowest BCUT2D eigenvalue weighted by molar-refractivity contribution is 0.305. The van der Waals surface area contributed by atoms with Gasteiger partial charge in [-0.3, -0.25) is 0 Å². The maximum absolute atomic E-state index is 5.88. The van der Waals surface area contributed by atoms with Crippen molar-refractivity contribution in [3.8, 4) is 5.75 Å². The molecule has 1 aromatic rings. The number of ether oxygens (including phenoxy) is 1. The summed E-state index contributed by atoms with van der Waals surface area (Å²) in [6, 6.07) is 8.43. The topological polar surface area (TPSA) is 33.3 Å². The normalized spacial score (nSPS) is 12.7. The molecule has 0 saturated carbocycles. The zero-order valence-electron chi connectivity index (χ0n) is 11.4. The Labute approximate surface area is 115 Å². The molecular formula is C14H23ClN2O. The summed E-state index contributed by atoms with van der Waals surface area (Å²) < 4.78 is 5.60. The van der Waals surface area contributed by atoms with Gasteiger partial charge in [-0.2, -0.15) is 0 Å². The quantitative estimate of drug-likeness (QED) is 0.713. The van der Waals surface area contributed by atoms with E-state index in [2.05, 4.69) is 31.4 Å². The van der Waals surface area contributed by atoms with Crippen LogP contribution in [-0.2, 0) is 0 Å². The Morgan fingerprint density at radius 3 is 2.67 bits per heavy atom. The van der Waals surface area contributed by atoms with Crippen molar-refractivity contribution in [2.24, 2.45) is 0 Å². The van der Waals surface area contributed by atoms with Gasteiger partial charge in [-0.1, -0.05) is 31.5 Å². The summed E-state index contributed by atoms with van der Waals surface area (Å²) in [5.74, 6) is 0.817. The molecule has 1 unspecified atom stereocenters. The van der Waals surface area contributed by atoms with Crippen molar-refractivity contribution >= 4 is 11.6 Å². The molecule has 1 aromatic carbocycles. The predicted molar refractivity (Wildman–Crippen MR) is 77.6 cm³/mol. The molecule has 0 aliphatic rings. The summed E-state index contributed by atoms with van der Waals surface area (Å²) in [5, 5.41) is 7.50. The van der Waals surface area contributed by atoms with Crippen LogP contribution in [0.2, 0.25) is 5.02 Å². The zero-order chi connectivity index (χ0) is 13.4. The van der Waals surface area contributed by atoms with Crippen molar-refractivity contribution < 1.29 is 4.74 Å². The number of rotatable bonds is 8. The Kier molecular flexibility index (Phi) is 7.09. The molecule has 2 N–H and O–H groups in total. The first-order valence-electron chi connectivity index (χ1n) is 6.43. The first-order chi connectivity index (χ1) is 8.58. The average Bonchev–Trinajstić information content (AvgIpc) is 2.32. The molecule has 0 radical (unpaired) electrons. The SMILES string of the molecule is CC(C)NCC(C)NCCOc1cccc(Cl)c1. The van der Waals surface area contributed by atoms with Crippen molar-refractivity contribution in [1.29, 1.82) is 0 Å². The van der Waals surface area contributed by atoms with E-state index in [0.717, 1.165) is 18.8 Å². The van der Waals surface area contributed by atoms with Gasteiger partial charge in [0.15, 0.2) is 0 Å². The van der Waals surface area contributed by atoms with Crippen LogP contribution in [0.5, 0.6) is 5.75 Å². The van der Waals surface area contributed by atoms with Crippen LogP contribution in [0.4, 0.5) is 0 Å². The highest BCUT2D eigenvalue weighted by Crippen LogP contribution is 2.16. The molecule has 0 aliphatic carbocycles. The van der Waals surface area contributed by atoms with Crippen molar-refractivity contribution in [3.63, 3.8) is 0 Å². The summed E-state index contributed by atoms with van der Waals surface area (Å²) >= 11 is 5.88. The molecule has 102 valence electrons. The van der Waals surface area contributed by atoms with E-state index in [0.29, 0.717) is 23.7 Å². The lowest BCUT2D eigenvalue weighted by atomic mass is 10.3. The van der Waals surface area contributed by atoms with E-state index in [4.69, 9.17) is 16.3 Å². The van der Waals surface area contributed by atoms with Crippen LogP contribution in [0.3, 0.4) is 0 Å². The molecule has 0 heterocycles. The van der Waals surface area contributed by atoms with Gasteiger partial charge in [0, 0.05) is 30.2 Å². The summed E-state index contributed by atoms with van der Waals surface area (Å²) in [7, 11) is 0. The molecule has 0 bridgehead atoms. The number of hydrogen-bond acceptors (Lipinski definition) is 3. The van der Waals surface area contributed by atoms with Crippen molar-refractivity contribution in [3.05, 3.63) is 29.3 Å². The molecule has 0 aromatic heterocycles. The second-order valence-corrected chi connectivity index (χ2v) is 5.16. The van der Waals surface area contributed by atoms with Crippen molar-refractivity contribution in [1.82, 2.24) is 10.6 Å². The molecule has 1 rings (SSSR count). The first-order valence-corrected chi connectivity index (χ1v) is 6.81. The van der Waals surface area contributed by atoms with Gasteiger partial charge in [0.05, 0.1) is 0 Å². The van der Waals surface area contributed by atoms with E-state index in [9.17, 15) is 0 Å². The minimum Gasteiger partial charge on any atom is -0.492 e. The molecule has 0 aliphatic heterocycles. The largest absolute Gasteiger partial charge is 0.492 e. The van der Waals surface area contributed by atoms with Gasteiger partial charge in [-0.05, 0) is 25.1 Å². The lowest BCUT2D eigenvalue weighted by Gasteiger charge is -2.16. The van der Waals surface area contributed by atoms with Gasteiger partial charge in [-0.25, -0.2) is 0 Å². The number of benzene rings is 1. The van der Waals surface area contributed by atoms with E-state index in [-0.39, 0.29) is 0 Å². The zero-order valence-corrected chi connectivity index (χ0v) is 12.1. The predicted octanol–water partition coefficient (Wildman–Crippen LogP) is 2.69. The molecule has 0 saturated heterocycles. The second kappa shape index (κ2) is 8.35. The number of nitrogens with one attached hydrogen (secondary N) is 2. The molecule has 4 heteroatoms. The van der Waals surface area contributed by atoms with Gasteiger partial charge >= 0.3 is 0 Å². The fraction of sp³-hybridized carbons (Fsp3) is 0.571. The Bertz CT molecular complexity index is 344. The van der Waals surface area contributed by atoms with Gasteiger partial charge in [0.1, 0.15) is 12.4 Å². The van der Waals surface area contributed by atoms with Crippen molar-refractivity contribution in [2.45, 2.75) is 32.9 Å². The van der Waals surface area contributed by atoms with Gasteiger partial charge < -0.3 is 15.4 Å². The summed E-state index contributed by atoms with van der Waals surface area (Å²) in [4.78, 5) is 0. The van der Waals surface area contributed by atoms with Crippen LogP contribution in [0.1, 0.15) is 20.8 Å². The molecule has 0 spiro atoms. The number of halogens is 1. The lowest BCUT2D eigenvalue weighted by Crippen LogP contribution is -2.40. The van der Waals surface area contributed by atoms with E-state index < -0.39 is 0 Å². The van der Waals surface area contributed by atoms with Crippen LogP contribution in [-0.4, -0.2) is 31.8 Å². The van der Waals surface area contributed by atoms with Crippen molar-refractivity contribution in [2.75, 3.05) is 19.7 Å². The van der Waals surface area contributed by atoms with Crippen LogP contribution >= 0.6 is 11.6 Å². The molecule has 1 atom stereocenters. The summed E-state index contributed by atoms with van der Waals surface area (Å²) in [6.07, 6.45) is 0. The Morgan fingerprint density at radius 2 is 2.00 bits per heavy atom. The third-order valence-electron chi connectivity index (χ3n) is 2.49. The summed E-state index contributed by atoms with van der Waals surface area (Å²) in [5.41, 5.74) is 0. The molecule has 3 nitrogen and oxygen atoms in total. The van der Waals surface area contributed by atoms with Gasteiger partial charge in [0.2, 0.25) is 0 Å². The molecule has 0 amide bonds. The minimum atomic E-state index is 0.440. The maximum atomic E-state index is 5.88. The second-order valence-electron chi connectivity index (χ2n) is 4.72. The standard InChI is InChI=1S/C14H23ClN2O/c1-11(2)17-10-12(3)16-7-8-18-14-6-4-5-13(15)9-14/h4-6,9,11-12,16-17H,7-8,10H2,1-3H3. The smallest absolute Gasteiger partial charge is 0.120 e. The van der Waals surface area contributed by atoms with E-state index in [1.165, 1.54) is 0 Å². The van der Waals surface area contributed by atoms with E-state index in [1.807, 2.05) is 24.3 Å². The highest BCUT2D eigenvalue weighted by atomic mass is 35.5. The summed E-state index contributed by atoms with van der Waals surface area (Å²) in [6.45, 7) is 8.90. The minimum absolute atomic E-state index is 0.440. The van der Waals surface area contributed by atoms with Gasteiger partial charge in [0.25, 0.3) is 0 Å². The number of hydrogen-bond donors (Lipinski definition) is 2. The highest BCUT2D eigenvalue weighted by molar-refractivity contribution is 6.30. The van der Waals surface area contributed by atoms with Crippen LogP contribution in [0.15, 0.2) is 24.3 Å². The third-order valence-corrected chi connectivity index (χ3v) is 2.73. The fourth-order valence-electron chi connectivity index (χ4n) is 1.52. The molecular weight excluding hydrogens is 248 g/mol. The van der Waals surface area contributed by atoms with Crippen LogP contribution < -0.4 is 15.4 Å². The molecule has 0 fully saturated rings. The first kappa shape index (κ1) is 15.3. The average molecular weight is 271 g/mol. The monoisotopic (exact) mass is 270 g/mol. The molecule has 18 heavy (non-hydrogen) atoms. The van der Waals surface area contributed by atoms with Crippen LogP contribution in [0, 0.1) is 0 Å². The fourth-order valence-corrected chi connectivity index (χ4v) is 1.70. The Hall–Kier alpha value is -0.770. The Balaban J connectivity index is 2.11.